The molecule has 1 amide bonds. The van der Waals surface area contributed by atoms with Crippen LogP contribution in [-0.4, -0.2) is 66.9 Å². The first-order chi connectivity index (χ1) is 15.5. The van der Waals surface area contributed by atoms with Crippen LogP contribution >= 0.6 is 11.6 Å². The quantitative estimate of drug-likeness (QED) is 0.496. The number of ether oxygens (including phenoxy) is 1. The van der Waals surface area contributed by atoms with E-state index >= 15 is 0 Å². The van der Waals surface area contributed by atoms with Crippen LogP contribution in [0.1, 0.15) is 55.7 Å². The lowest BCUT2D eigenvalue weighted by Crippen LogP contribution is -2.56. The number of hydrogen-bond donors (Lipinski definition) is 0. The molecule has 2 atom stereocenters. The van der Waals surface area contributed by atoms with Crippen LogP contribution in [0.25, 0.3) is 5.03 Å². The number of fused-ring (bicyclic) bond motifs is 1. The summed E-state index contributed by atoms with van der Waals surface area (Å²) >= 11 is 6.27. The van der Waals surface area contributed by atoms with Crippen LogP contribution in [0.15, 0.2) is 24.3 Å². The van der Waals surface area contributed by atoms with Gasteiger partial charge in [0.05, 0.1) is 19.3 Å². The first-order valence-electron chi connectivity index (χ1n) is 12.1. The average Bonchev–Trinajstić information content (AvgIpc) is 3.15. The molecule has 3 aliphatic rings. The summed E-state index contributed by atoms with van der Waals surface area (Å²) in [5.74, 6) is 0.322. The fourth-order valence-corrected chi connectivity index (χ4v) is 5.18. The second-order valence-electron chi connectivity index (χ2n) is 9.40. The van der Waals surface area contributed by atoms with Gasteiger partial charge in [-0.2, -0.15) is 0 Å². The van der Waals surface area contributed by atoms with Crippen LogP contribution in [0.2, 0.25) is 0 Å². The number of carbonyl (C=O) groups is 2. The largest absolute Gasteiger partial charge is 0.379 e. The second kappa shape index (κ2) is 11.0. The third-order valence-electron chi connectivity index (χ3n) is 7.15. The Morgan fingerprint density at radius 3 is 2.75 bits per heavy atom. The summed E-state index contributed by atoms with van der Waals surface area (Å²) in [7, 11) is 0. The van der Waals surface area contributed by atoms with E-state index < -0.39 is 0 Å². The number of amides is 1. The number of likely N-dealkylation sites (tertiary alicyclic amines) is 1. The lowest BCUT2D eigenvalue weighted by Gasteiger charge is -2.41. The Kier molecular flexibility index (Phi) is 8.03. The van der Waals surface area contributed by atoms with Crippen molar-refractivity contribution in [2.45, 2.75) is 57.9 Å². The van der Waals surface area contributed by atoms with E-state index in [1.165, 1.54) is 5.56 Å². The monoisotopic (exact) mass is 458 g/mol. The van der Waals surface area contributed by atoms with Crippen molar-refractivity contribution in [1.82, 2.24) is 9.80 Å². The first-order valence-corrected chi connectivity index (χ1v) is 12.5. The third-order valence-corrected chi connectivity index (χ3v) is 7.51. The summed E-state index contributed by atoms with van der Waals surface area (Å²) in [5.41, 5.74) is 3.48. The van der Waals surface area contributed by atoms with E-state index in [-0.39, 0.29) is 23.7 Å². The van der Waals surface area contributed by atoms with Crippen molar-refractivity contribution in [1.29, 1.82) is 0 Å². The van der Waals surface area contributed by atoms with Gasteiger partial charge in [0.2, 0.25) is 5.91 Å². The van der Waals surface area contributed by atoms with Gasteiger partial charge in [-0.05, 0) is 61.4 Å². The molecule has 0 spiro atoms. The van der Waals surface area contributed by atoms with Crippen molar-refractivity contribution >= 4 is 28.3 Å². The summed E-state index contributed by atoms with van der Waals surface area (Å²) in [5, 5.41) is 0.808. The molecule has 0 bridgehead atoms. The molecule has 0 aromatic heterocycles. The van der Waals surface area contributed by atoms with Crippen molar-refractivity contribution in [3.05, 3.63) is 41.0 Å². The molecular formula is C26H35ClN2O3. The number of benzene rings is 1. The van der Waals surface area contributed by atoms with Gasteiger partial charge in [0.15, 0.2) is 5.78 Å². The zero-order chi connectivity index (χ0) is 22.5. The van der Waals surface area contributed by atoms with Crippen molar-refractivity contribution in [3.8, 4) is 0 Å². The van der Waals surface area contributed by atoms with E-state index in [1.807, 2.05) is 17.9 Å². The molecule has 5 nitrogen and oxygen atoms in total. The van der Waals surface area contributed by atoms with Crippen LogP contribution in [-0.2, 0) is 27.2 Å². The highest BCUT2D eigenvalue weighted by Crippen LogP contribution is 2.31. The normalized spacial score (nSPS) is 21.6. The minimum Gasteiger partial charge on any atom is -0.379 e. The number of hydrogen-bond acceptors (Lipinski definition) is 4. The number of allylic oxidation sites excluding steroid dienone is 1. The lowest BCUT2D eigenvalue weighted by atomic mass is 9.91. The molecule has 2 fully saturated rings. The topological polar surface area (TPSA) is 49.9 Å². The number of ketones is 1. The van der Waals surface area contributed by atoms with Gasteiger partial charge in [0.1, 0.15) is 0 Å². The molecule has 0 saturated carbocycles. The minimum absolute atomic E-state index is 0.0130. The van der Waals surface area contributed by atoms with E-state index in [0.29, 0.717) is 19.4 Å². The Hall–Kier alpha value is -1.69. The summed E-state index contributed by atoms with van der Waals surface area (Å²) < 4.78 is 5.39. The summed E-state index contributed by atoms with van der Waals surface area (Å²) in [6.45, 7) is 7.50. The van der Waals surface area contributed by atoms with Gasteiger partial charge in [-0.3, -0.25) is 14.5 Å². The molecular weight excluding hydrogens is 424 g/mol. The van der Waals surface area contributed by atoms with E-state index in [4.69, 9.17) is 16.3 Å². The van der Waals surface area contributed by atoms with Crippen molar-refractivity contribution < 1.29 is 14.3 Å². The fourth-order valence-electron chi connectivity index (χ4n) is 4.93. The fraction of sp³-hybridized carbons (Fsp3) is 0.615. The van der Waals surface area contributed by atoms with Crippen LogP contribution in [0.5, 0.6) is 0 Å². The van der Waals surface area contributed by atoms with Gasteiger partial charge in [-0.1, -0.05) is 43.2 Å². The average molecular weight is 459 g/mol. The molecule has 2 saturated heterocycles. The summed E-state index contributed by atoms with van der Waals surface area (Å²) in [6, 6.07) is 6.09. The molecule has 1 aromatic carbocycles. The Morgan fingerprint density at radius 2 is 2.00 bits per heavy atom. The molecule has 0 unspecified atom stereocenters. The van der Waals surface area contributed by atoms with Gasteiger partial charge in [0, 0.05) is 37.0 Å². The van der Waals surface area contributed by atoms with Gasteiger partial charge in [-0.25, -0.2) is 0 Å². The SMILES string of the molecule is C[C@H](CCCCN1CCOCC1)C(=O)N1CC[C@H]1C(=O)CCc1ccc2c(c1)C(Cl)=CC2. The van der Waals surface area contributed by atoms with Crippen molar-refractivity contribution in [2.75, 3.05) is 39.4 Å². The zero-order valence-electron chi connectivity index (χ0n) is 19.2. The van der Waals surface area contributed by atoms with Gasteiger partial charge >= 0.3 is 0 Å². The van der Waals surface area contributed by atoms with Gasteiger partial charge in [-0.15, -0.1) is 0 Å². The van der Waals surface area contributed by atoms with Crippen LogP contribution in [0.4, 0.5) is 0 Å². The Morgan fingerprint density at radius 1 is 1.19 bits per heavy atom. The maximum absolute atomic E-state index is 12.9. The maximum Gasteiger partial charge on any atom is 0.226 e. The van der Waals surface area contributed by atoms with E-state index in [0.717, 1.165) is 81.1 Å². The Labute approximate surface area is 196 Å². The molecule has 2 aliphatic heterocycles. The molecule has 1 aromatic rings. The number of morpholine rings is 1. The molecule has 0 radical (unpaired) electrons. The number of Topliss-reactive ketones (excluding diaryl/α,β-unsaturated/α-hetero) is 1. The Balaban J connectivity index is 1.18. The highest BCUT2D eigenvalue weighted by atomic mass is 35.5. The van der Waals surface area contributed by atoms with Crippen molar-refractivity contribution in [3.63, 3.8) is 0 Å². The predicted molar refractivity (Wildman–Crippen MR) is 128 cm³/mol. The molecule has 32 heavy (non-hydrogen) atoms. The maximum atomic E-state index is 12.9. The van der Waals surface area contributed by atoms with Crippen LogP contribution < -0.4 is 0 Å². The number of rotatable bonds is 10. The predicted octanol–water partition coefficient (Wildman–Crippen LogP) is 4.06. The Bertz CT molecular complexity index is 863. The van der Waals surface area contributed by atoms with Crippen LogP contribution in [0.3, 0.4) is 0 Å². The van der Waals surface area contributed by atoms with E-state index in [9.17, 15) is 9.59 Å². The molecule has 174 valence electrons. The number of aryl methyl sites for hydroxylation is 1. The molecule has 1 aliphatic carbocycles. The highest BCUT2D eigenvalue weighted by molar-refractivity contribution is 6.49. The minimum atomic E-state index is -0.226. The number of halogens is 1. The van der Waals surface area contributed by atoms with E-state index in [1.54, 1.807) is 0 Å². The molecule has 2 heterocycles. The standard InChI is InChI=1S/C26H35ClN2O3/c1-19(4-2-3-12-28-14-16-32-17-15-28)26(31)29-13-11-24(29)25(30)10-6-20-5-7-21-8-9-23(27)22(21)18-20/h5,7,9,18-19,24H,2-4,6,8,10-17H2,1H3/t19-,24+/m1/s1. The number of nitrogens with zero attached hydrogens (tertiary/aromatic N) is 2. The van der Waals surface area contributed by atoms with E-state index in [2.05, 4.69) is 23.1 Å². The number of carbonyl (C=O) groups excluding carboxylic acids is 2. The number of unbranched alkanes of at least 4 members (excludes halogenated alkanes) is 1. The first kappa shape index (κ1) is 23.5. The lowest BCUT2D eigenvalue weighted by molar-refractivity contribution is -0.149. The smallest absolute Gasteiger partial charge is 0.226 e. The molecule has 0 N–H and O–H groups in total. The summed E-state index contributed by atoms with van der Waals surface area (Å²) in [4.78, 5) is 30.0. The van der Waals surface area contributed by atoms with Crippen LogP contribution in [0, 0.1) is 5.92 Å². The molecule has 6 heteroatoms. The van der Waals surface area contributed by atoms with Gasteiger partial charge in [0.25, 0.3) is 0 Å². The summed E-state index contributed by atoms with van der Waals surface area (Å²) in [6.07, 6.45) is 7.94. The second-order valence-corrected chi connectivity index (χ2v) is 9.81. The molecule has 4 rings (SSSR count). The van der Waals surface area contributed by atoms with Gasteiger partial charge < -0.3 is 9.64 Å². The zero-order valence-corrected chi connectivity index (χ0v) is 19.9. The highest BCUT2D eigenvalue weighted by Gasteiger charge is 2.38. The third kappa shape index (κ3) is 5.62. The van der Waals surface area contributed by atoms with Crippen molar-refractivity contribution in [2.24, 2.45) is 5.92 Å².